The predicted octanol–water partition coefficient (Wildman–Crippen LogP) is 5.08. The maximum Gasteiger partial charge on any atom is 0.255 e. The number of sulfone groups is 1. The number of aromatic nitrogens is 1. The van der Waals surface area contributed by atoms with Crippen molar-refractivity contribution in [2.75, 3.05) is 5.32 Å². The molecule has 2 aliphatic carbocycles. The van der Waals surface area contributed by atoms with Crippen molar-refractivity contribution < 1.29 is 36.6 Å². The number of pyridine rings is 1. The first-order valence-electron chi connectivity index (χ1n) is 12.6. The number of halogens is 4. The summed E-state index contributed by atoms with van der Waals surface area (Å²) in [4.78, 5) is 16.4. The molecule has 1 amide bonds. The van der Waals surface area contributed by atoms with Gasteiger partial charge in [0.15, 0.2) is 21.5 Å². The van der Waals surface area contributed by atoms with E-state index in [1.807, 2.05) is 6.92 Å². The number of carbonyl (C=O) groups excluding carboxylic acids is 1. The van der Waals surface area contributed by atoms with Crippen molar-refractivity contribution in [3.8, 4) is 0 Å². The van der Waals surface area contributed by atoms with E-state index in [9.17, 15) is 36.6 Å². The number of hydrogen-bond donors (Lipinski definition) is 3. The van der Waals surface area contributed by atoms with Crippen molar-refractivity contribution in [3.63, 3.8) is 0 Å². The fourth-order valence-electron chi connectivity index (χ4n) is 6.25. The summed E-state index contributed by atoms with van der Waals surface area (Å²) in [6.45, 7) is 1.88. The van der Waals surface area contributed by atoms with Gasteiger partial charge in [-0.3, -0.25) is 9.78 Å². The third-order valence-corrected chi connectivity index (χ3v) is 10.9. The molecule has 1 aromatic heterocycles. The van der Waals surface area contributed by atoms with Crippen LogP contribution in [-0.4, -0.2) is 40.4 Å². The quantitative estimate of drug-likeness (QED) is 0.367. The summed E-state index contributed by atoms with van der Waals surface area (Å²) in [6, 6.07) is 8.97. The molecule has 2 bridgehead atoms. The maximum atomic E-state index is 13.8. The Morgan fingerprint density at radius 1 is 1.07 bits per heavy atom. The van der Waals surface area contributed by atoms with Gasteiger partial charge in [-0.25, -0.2) is 21.6 Å². The number of carbonyl (C=O) groups is 1. The Bertz CT molecular complexity index is 1570. The average Bonchev–Trinajstić information content (AvgIpc) is 3.03. The average molecular weight is 595 g/mol. The van der Waals surface area contributed by atoms with Gasteiger partial charge in [0.05, 0.1) is 27.1 Å². The first kappa shape index (κ1) is 28.5. The standard InChI is InChI=1S/C28H26ClF3N2O5S/c1-14-8-16-10-19(12-20(14)28(16,37)26(35)24-7-3-17(30)13-33-24)40(38,39)25-9-15(2-5-21(25)29)27(36)34-18-4-6-22(31)23(32)11-18/h2-7,9,11,13-14,16,19-20,26,35,37H,8,10,12H2,1H3,(H,34,36)/t14-,16?,19+,20?,26?,28+/m0/s1. The monoisotopic (exact) mass is 594 g/mol. The number of nitrogens with zero attached hydrogens (tertiary/aromatic N) is 1. The molecule has 2 fully saturated rings. The predicted molar refractivity (Wildman–Crippen MR) is 141 cm³/mol. The zero-order valence-corrected chi connectivity index (χ0v) is 22.8. The molecule has 7 nitrogen and oxygen atoms in total. The van der Waals surface area contributed by atoms with Gasteiger partial charge < -0.3 is 15.5 Å². The summed E-state index contributed by atoms with van der Waals surface area (Å²) in [5, 5.41) is 24.2. The van der Waals surface area contributed by atoms with Crippen LogP contribution in [0.1, 0.15) is 48.3 Å². The number of rotatable bonds is 6. The molecule has 2 saturated carbocycles. The Balaban J connectivity index is 1.41. The van der Waals surface area contributed by atoms with Crippen LogP contribution in [0.15, 0.2) is 59.6 Å². The second-order valence-electron chi connectivity index (χ2n) is 10.6. The van der Waals surface area contributed by atoms with Crippen molar-refractivity contribution in [1.82, 2.24) is 4.98 Å². The van der Waals surface area contributed by atoms with E-state index in [0.717, 1.165) is 30.5 Å². The van der Waals surface area contributed by atoms with Crippen LogP contribution in [0.2, 0.25) is 5.02 Å². The van der Waals surface area contributed by atoms with Crippen molar-refractivity contribution in [2.24, 2.45) is 17.8 Å². The first-order valence-corrected chi connectivity index (χ1v) is 14.6. The van der Waals surface area contributed by atoms with Gasteiger partial charge in [-0.05, 0) is 79.5 Å². The molecule has 212 valence electrons. The van der Waals surface area contributed by atoms with Gasteiger partial charge in [0.1, 0.15) is 17.5 Å². The number of aliphatic hydroxyl groups excluding tert-OH is 1. The molecule has 3 N–H and O–H groups in total. The van der Waals surface area contributed by atoms with Crippen LogP contribution >= 0.6 is 11.6 Å². The highest BCUT2D eigenvalue weighted by Crippen LogP contribution is 2.58. The lowest BCUT2D eigenvalue weighted by Crippen LogP contribution is -2.52. The molecule has 0 radical (unpaired) electrons. The van der Waals surface area contributed by atoms with Crippen LogP contribution in [0.3, 0.4) is 0 Å². The van der Waals surface area contributed by atoms with Gasteiger partial charge in [-0.1, -0.05) is 18.5 Å². The van der Waals surface area contributed by atoms with Crippen LogP contribution in [0.4, 0.5) is 18.9 Å². The summed E-state index contributed by atoms with van der Waals surface area (Å²) in [7, 11) is -4.11. The third-order valence-electron chi connectivity index (χ3n) is 8.24. The Labute approximate surface area is 233 Å². The molecular formula is C28H26ClF3N2O5S. The maximum absolute atomic E-state index is 13.8. The van der Waals surface area contributed by atoms with Gasteiger partial charge in [-0.15, -0.1) is 0 Å². The highest BCUT2D eigenvalue weighted by Gasteiger charge is 2.62. The summed E-state index contributed by atoms with van der Waals surface area (Å²) < 4.78 is 67.8. The third kappa shape index (κ3) is 4.89. The molecule has 2 aromatic carbocycles. The Morgan fingerprint density at radius 3 is 2.48 bits per heavy atom. The lowest BCUT2D eigenvalue weighted by molar-refractivity contribution is -0.149. The van der Waals surface area contributed by atoms with E-state index in [1.54, 1.807) is 0 Å². The molecule has 0 spiro atoms. The van der Waals surface area contributed by atoms with Crippen molar-refractivity contribution in [1.29, 1.82) is 0 Å². The van der Waals surface area contributed by atoms with Crippen molar-refractivity contribution in [3.05, 3.63) is 88.5 Å². The van der Waals surface area contributed by atoms with Crippen LogP contribution in [0, 0.1) is 35.2 Å². The van der Waals surface area contributed by atoms with Crippen molar-refractivity contribution in [2.45, 2.75) is 48.0 Å². The molecule has 40 heavy (non-hydrogen) atoms. The van der Waals surface area contributed by atoms with E-state index in [0.29, 0.717) is 6.42 Å². The van der Waals surface area contributed by atoms with E-state index in [-0.39, 0.29) is 45.6 Å². The number of hydrogen-bond acceptors (Lipinski definition) is 6. The Kier molecular flexibility index (Phi) is 7.45. The molecule has 1 heterocycles. The Hall–Kier alpha value is -2.99. The van der Waals surface area contributed by atoms with Crippen molar-refractivity contribution >= 4 is 33.0 Å². The second kappa shape index (κ2) is 10.4. The summed E-state index contributed by atoms with van der Waals surface area (Å²) in [5.41, 5.74) is -1.65. The number of aliphatic hydroxyl groups is 2. The number of fused-ring (bicyclic) bond motifs is 2. The van der Waals surface area contributed by atoms with E-state index in [4.69, 9.17) is 11.6 Å². The minimum Gasteiger partial charge on any atom is -0.386 e. The lowest BCUT2D eigenvalue weighted by Gasteiger charge is -2.45. The molecule has 2 aliphatic rings. The summed E-state index contributed by atoms with van der Waals surface area (Å²) in [6.07, 6.45) is 0.0240. The van der Waals surface area contributed by atoms with E-state index < -0.39 is 62.0 Å². The van der Waals surface area contributed by atoms with Crippen LogP contribution in [0.25, 0.3) is 0 Å². The van der Waals surface area contributed by atoms with E-state index >= 15 is 0 Å². The minimum absolute atomic E-state index is 0.0189. The number of nitrogens with one attached hydrogen (secondary N) is 1. The molecular weight excluding hydrogens is 569 g/mol. The molecule has 0 aliphatic heterocycles. The minimum atomic E-state index is -4.11. The molecule has 12 heteroatoms. The largest absolute Gasteiger partial charge is 0.386 e. The highest BCUT2D eigenvalue weighted by atomic mass is 35.5. The number of anilines is 1. The fraction of sp³-hybridized carbons (Fsp3) is 0.357. The highest BCUT2D eigenvalue weighted by molar-refractivity contribution is 7.92. The summed E-state index contributed by atoms with van der Waals surface area (Å²) in [5.74, 6) is -4.89. The van der Waals surface area contributed by atoms with Gasteiger partial charge in [-0.2, -0.15) is 0 Å². The second-order valence-corrected chi connectivity index (χ2v) is 13.2. The van der Waals surface area contributed by atoms with Gasteiger partial charge in [0.2, 0.25) is 0 Å². The zero-order chi connectivity index (χ0) is 29.0. The smallest absolute Gasteiger partial charge is 0.255 e. The van der Waals surface area contributed by atoms with Gasteiger partial charge in [0, 0.05) is 17.3 Å². The van der Waals surface area contributed by atoms with Crippen LogP contribution in [-0.2, 0) is 9.84 Å². The molecule has 6 atom stereocenters. The van der Waals surface area contributed by atoms with Crippen LogP contribution < -0.4 is 5.32 Å². The normalized spacial score (nSPS) is 26.9. The number of amides is 1. The molecule has 0 saturated heterocycles. The van der Waals surface area contributed by atoms with E-state index in [2.05, 4.69) is 10.3 Å². The van der Waals surface area contributed by atoms with Crippen LogP contribution in [0.5, 0.6) is 0 Å². The topological polar surface area (TPSA) is 117 Å². The zero-order valence-electron chi connectivity index (χ0n) is 21.2. The van der Waals surface area contributed by atoms with Gasteiger partial charge in [0.25, 0.3) is 5.91 Å². The molecule has 3 aromatic rings. The molecule has 3 unspecified atom stereocenters. The van der Waals surface area contributed by atoms with Gasteiger partial charge >= 0.3 is 0 Å². The Morgan fingerprint density at radius 2 is 1.82 bits per heavy atom. The van der Waals surface area contributed by atoms with E-state index in [1.165, 1.54) is 24.3 Å². The summed E-state index contributed by atoms with van der Waals surface area (Å²) >= 11 is 6.29. The fourth-order valence-corrected chi connectivity index (χ4v) is 8.62. The molecule has 5 rings (SSSR count). The SMILES string of the molecule is C[C@H]1CC2C[C@@H](S(=O)(=O)c3cc(C(=O)Nc4ccc(F)c(F)c4)ccc3Cl)CC1[C@@]2(O)C(O)c1ccc(F)cn1. The lowest BCUT2D eigenvalue weighted by atomic mass is 9.69. The number of benzene rings is 2. The first-order chi connectivity index (χ1) is 18.8.